The summed E-state index contributed by atoms with van der Waals surface area (Å²) < 4.78 is 15.6. The maximum atomic E-state index is 5.32. The minimum atomic E-state index is 0.368. The Morgan fingerprint density at radius 2 is 2.27 bits per heavy atom. The minimum Gasteiger partial charge on any atom is -0.497 e. The van der Waals surface area contributed by atoms with E-state index in [0.29, 0.717) is 30.9 Å². The number of hydrogen-bond donors (Lipinski definition) is 0. The molecule has 0 saturated carbocycles. The Hall–Kier alpha value is -1.92. The van der Waals surface area contributed by atoms with E-state index < -0.39 is 0 Å². The molecule has 1 atom stereocenters. The van der Waals surface area contributed by atoms with E-state index in [2.05, 4.69) is 27.2 Å². The van der Waals surface area contributed by atoms with Gasteiger partial charge in [-0.15, -0.1) is 0 Å². The number of likely N-dealkylation sites (tertiary alicyclic amines) is 1. The van der Waals surface area contributed by atoms with E-state index in [0.717, 1.165) is 18.7 Å². The summed E-state index contributed by atoms with van der Waals surface area (Å²) in [6.45, 7) is 2.07. The Kier molecular flexibility index (Phi) is 4.70. The highest BCUT2D eigenvalue weighted by atomic mass is 16.5. The van der Waals surface area contributed by atoms with Gasteiger partial charge < -0.3 is 14.0 Å². The molecule has 1 saturated heterocycles. The van der Waals surface area contributed by atoms with Crippen molar-refractivity contribution in [1.29, 1.82) is 0 Å². The number of hydrogen-bond acceptors (Lipinski definition) is 6. The molecule has 1 unspecified atom stereocenters. The lowest BCUT2D eigenvalue weighted by atomic mass is 10.0. The molecule has 0 bridgehead atoms. The fourth-order valence-electron chi connectivity index (χ4n) is 2.96. The van der Waals surface area contributed by atoms with Gasteiger partial charge in [-0.2, -0.15) is 4.98 Å². The molecule has 0 aliphatic carbocycles. The zero-order chi connectivity index (χ0) is 15.4. The molecule has 0 spiro atoms. The van der Waals surface area contributed by atoms with Gasteiger partial charge in [0.05, 0.1) is 13.7 Å². The van der Waals surface area contributed by atoms with Crippen LogP contribution in [0.25, 0.3) is 0 Å². The number of methoxy groups -OCH3 is 2. The van der Waals surface area contributed by atoms with Crippen molar-refractivity contribution in [2.75, 3.05) is 20.8 Å². The van der Waals surface area contributed by atoms with Crippen LogP contribution in [0.3, 0.4) is 0 Å². The quantitative estimate of drug-likeness (QED) is 0.817. The Balaban J connectivity index is 1.72. The van der Waals surface area contributed by atoms with Crippen molar-refractivity contribution >= 4 is 0 Å². The van der Waals surface area contributed by atoms with Crippen LogP contribution in [0.15, 0.2) is 28.8 Å². The molecule has 118 valence electrons. The molecule has 1 aromatic heterocycles. The first-order valence-electron chi connectivity index (χ1n) is 7.48. The summed E-state index contributed by atoms with van der Waals surface area (Å²) in [7, 11) is 3.32. The second-order valence-electron chi connectivity index (χ2n) is 5.44. The van der Waals surface area contributed by atoms with E-state index >= 15 is 0 Å². The third-order valence-electron chi connectivity index (χ3n) is 3.96. The van der Waals surface area contributed by atoms with Crippen LogP contribution in [-0.2, 0) is 17.9 Å². The van der Waals surface area contributed by atoms with Gasteiger partial charge in [0.2, 0.25) is 5.89 Å². The van der Waals surface area contributed by atoms with Crippen molar-refractivity contribution in [2.45, 2.75) is 32.0 Å². The lowest BCUT2D eigenvalue weighted by Gasteiger charge is -2.23. The molecule has 1 aliphatic rings. The normalized spacial score (nSPS) is 18.7. The van der Waals surface area contributed by atoms with E-state index in [4.69, 9.17) is 14.0 Å². The van der Waals surface area contributed by atoms with Crippen molar-refractivity contribution in [3.63, 3.8) is 0 Å². The van der Waals surface area contributed by atoms with Crippen molar-refractivity contribution in [2.24, 2.45) is 0 Å². The third kappa shape index (κ3) is 3.28. The summed E-state index contributed by atoms with van der Waals surface area (Å²) >= 11 is 0. The Labute approximate surface area is 130 Å². The first kappa shape index (κ1) is 15.0. The van der Waals surface area contributed by atoms with E-state index in [-0.39, 0.29) is 0 Å². The molecule has 6 nitrogen and oxygen atoms in total. The van der Waals surface area contributed by atoms with Crippen LogP contribution in [0, 0.1) is 0 Å². The van der Waals surface area contributed by atoms with Gasteiger partial charge in [-0.05, 0) is 37.1 Å². The van der Waals surface area contributed by atoms with E-state index in [1.165, 1.54) is 12.0 Å². The minimum absolute atomic E-state index is 0.368. The fraction of sp³-hybridized carbons (Fsp3) is 0.500. The van der Waals surface area contributed by atoms with Gasteiger partial charge in [0.15, 0.2) is 5.82 Å². The number of ether oxygens (including phenoxy) is 2. The Morgan fingerprint density at radius 3 is 3.09 bits per heavy atom. The average molecular weight is 303 g/mol. The van der Waals surface area contributed by atoms with Crippen LogP contribution in [0.1, 0.15) is 36.2 Å². The highest BCUT2D eigenvalue weighted by Crippen LogP contribution is 2.34. The van der Waals surface area contributed by atoms with Crippen LogP contribution in [0.2, 0.25) is 0 Å². The zero-order valence-corrected chi connectivity index (χ0v) is 13.0. The summed E-state index contributed by atoms with van der Waals surface area (Å²) in [5.74, 6) is 2.13. The predicted molar refractivity (Wildman–Crippen MR) is 80.4 cm³/mol. The Bertz CT molecular complexity index is 614. The molecule has 22 heavy (non-hydrogen) atoms. The van der Waals surface area contributed by atoms with Crippen LogP contribution in [0.4, 0.5) is 0 Å². The number of benzene rings is 1. The lowest BCUT2D eigenvalue weighted by Crippen LogP contribution is -2.23. The van der Waals surface area contributed by atoms with E-state index in [1.807, 2.05) is 12.1 Å². The second-order valence-corrected chi connectivity index (χ2v) is 5.44. The highest BCUT2D eigenvalue weighted by molar-refractivity contribution is 5.31. The van der Waals surface area contributed by atoms with Gasteiger partial charge in [0, 0.05) is 13.2 Å². The Morgan fingerprint density at radius 1 is 1.36 bits per heavy atom. The molecule has 1 aromatic carbocycles. The SMILES string of the molecule is COCc1noc(CN2CCCC2c2cccc(OC)c2)n1. The molecular weight excluding hydrogens is 282 g/mol. The molecule has 0 radical (unpaired) electrons. The molecule has 2 aromatic rings. The van der Waals surface area contributed by atoms with Crippen LogP contribution >= 0.6 is 0 Å². The average Bonchev–Trinajstić information content (AvgIpc) is 3.18. The first-order valence-corrected chi connectivity index (χ1v) is 7.48. The number of aromatic nitrogens is 2. The maximum Gasteiger partial charge on any atom is 0.240 e. The monoisotopic (exact) mass is 303 g/mol. The van der Waals surface area contributed by atoms with Gasteiger partial charge in [-0.1, -0.05) is 17.3 Å². The van der Waals surface area contributed by atoms with Crippen LogP contribution in [-0.4, -0.2) is 35.8 Å². The van der Waals surface area contributed by atoms with Crippen molar-refractivity contribution in [3.05, 3.63) is 41.5 Å². The van der Waals surface area contributed by atoms with Crippen LogP contribution < -0.4 is 4.74 Å². The topological polar surface area (TPSA) is 60.6 Å². The summed E-state index contributed by atoms with van der Waals surface area (Å²) in [6.07, 6.45) is 2.30. The van der Waals surface area contributed by atoms with E-state index in [1.54, 1.807) is 14.2 Å². The van der Waals surface area contributed by atoms with Crippen LogP contribution in [0.5, 0.6) is 5.75 Å². The van der Waals surface area contributed by atoms with Crippen molar-refractivity contribution in [3.8, 4) is 5.75 Å². The summed E-state index contributed by atoms with van der Waals surface area (Å²) in [5.41, 5.74) is 1.27. The van der Waals surface area contributed by atoms with Gasteiger partial charge in [-0.25, -0.2) is 0 Å². The fourth-order valence-corrected chi connectivity index (χ4v) is 2.96. The second kappa shape index (κ2) is 6.89. The summed E-state index contributed by atoms with van der Waals surface area (Å²) in [5, 5.41) is 3.92. The molecule has 1 fully saturated rings. The maximum absolute atomic E-state index is 5.32. The largest absolute Gasteiger partial charge is 0.497 e. The van der Waals surface area contributed by atoms with Gasteiger partial charge >= 0.3 is 0 Å². The smallest absolute Gasteiger partial charge is 0.240 e. The lowest BCUT2D eigenvalue weighted by molar-refractivity contribution is 0.174. The predicted octanol–water partition coefficient (Wildman–Crippen LogP) is 2.56. The van der Waals surface area contributed by atoms with Crippen molar-refractivity contribution < 1.29 is 14.0 Å². The van der Waals surface area contributed by atoms with Gasteiger partial charge in [0.25, 0.3) is 0 Å². The van der Waals surface area contributed by atoms with Crippen molar-refractivity contribution in [1.82, 2.24) is 15.0 Å². The van der Waals surface area contributed by atoms with Gasteiger partial charge in [-0.3, -0.25) is 4.90 Å². The zero-order valence-electron chi connectivity index (χ0n) is 13.0. The number of nitrogens with zero attached hydrogens (tertiary/aromatic N) is 3. The molecule has 6 heteroatoms. The highest BCUT2D eigenvalue weighted by Gasteiger charge is 2.27. The molecule has 0 N–H and O–H groups in total. The molecular formula is C16H21N3O3. The van der Waals surface area contributed by atoms with E-state index in [9.17, 15) is 0 Å². The standard InChI is InChI=1S/C16H21N3O3/c1-20-11-15-17-16(22-18-15)10-19-8-4-7-14(19)12-5-3-6-13(9-12)21-2/h3,5-6,9,14H,4,7-8,10-11H2,1-2H3. The number of rotatable bonds is 6. The molecule has 2 heterocycles. The molecule has 0 amide bonds. The molecule has 3 rings (SSSR count). The van der Waals surface area contributed by atoms with Gasteiger partial charge in [0.1, 0.15) is 12.4 Å². The summed E-state index contributed by atoms with van der Waals surface area (Å²) in [6, 6.07) is 8.63. The third-order valence-corrected chi connectivity index (χ3v) is 3.96. The summed E-state index contributed by atoms with van der Waals surface area (Å²) in [4.78, 5) is 6.73. The molecule has 1 aliphatic heterocycles. The first-order chi connectivity index (χ1) is 10.8.